The standard InChI is InChI=1S/C15H19ClN2S/c1-4-17-15(8-13-9-19-11(3)18-13)14-6-5-12(16)7-10(14)2/h5-7,9,15,17H,4,8H2,1-3H3. The number of aromatic nitrogens is 1. The molecule has 2 rings (SSSR count). The summed E-state index contributed by atoms with van der Waals surface area (Å²) in [5.74, 6) is 0. The molecule has 0 radical (unpaired) electrons. The van der Waals surface area contributed by atoms with E-state index in [0.717, 1.165) is 28.7 Å². The third-order valence-electron chi connectivity index (χ3n) is 3.14. The minimum Gasteiger partial charge on any atom is -0.310 e. The molecule has 2 nitrogen and oxygen atoms in total. The molecule has 1 atom stereocenters. The van der Waals surface area contributed by atoms with Crippen LogP contribution in [-0.4, -0.2) is 11.5 Å². The Labute approximate surface area is 123 Å². The van der Waals surface area contributed by atoms with E-state index in [1.807, 2.05) is 19.1 Å². The summed E-state index contributed by atoms with van der Waals surface area (Å²) in [5.41, 5.74) is 3.69. The van der Waals surface area contributed by atoms with Crippen molar-refractivity contribution in [3.63, 3.8) is 0 Å². The second-order valence-corrected chi connectivity index (χ2v) is 6.17. The monoisotopic (exact) mass is 294 g/mol. The number of benzene rings is 1. The Morgan fingerprint density at radius 1 is 1.37 bits per heavy atom. The molecule has 0 aliphatic heterocycles. The van der Waals surface area contributed by atoms with Crippen LogP contribution in [-0.2, 0) is 6.42 Å². The van der Waals surface area contributed by atoms with Gasteiger partial charge in [-0.05, 0) is 43.7 Å². The molecule has 0 saturated carbocycles. The largest absolute Gasteiger partial charge is 0.310 e. The van der Waals surface area contributed by atoms with Gasteiger partial charge >= 0.3 is 0 Å². The van der Waals surface area contributed by atoms with Crippen LogP contribution in [0.2, 0.25) is 5.02 Å². The van der Waals surface area contributed by atoms with Crippen molar-refractivity contribution in [3.05, 3.63) is 50.4 Å². The van der Waals surface area contributed by atoms with Gasteiger partial charge in [-0.2, -0.15) is 0 Å². The summed E-state index contributed by atoms with van der Waals surface area (Å²) in [4.78, 5) is 4.56. The lowest BCUT2D eigenvalue weighted by atomic mass is 9.97. The molecular formula is C15H19ClN2S. The molecule has 1 unspecified atom stereocenters. The lowest BCUT2D eigenvalue weighted by Crippen LogP contribution is -2.23. The van der Waals surface area contributed by atoms with Crippen molar-refractivity contribution < 1.29 is 0 Å². The second kappa shape index (κ2) is 6.51. The number of likely N-dealkylation sites (N-methyl/N-ethyl adjacent to an activating group) is 1. The van der Waals surface area contributed by atoms with Crippen molar-refractivity contribution >= 4 is 22.9 Å². The molecule has 0 aliphatic carbocycles. The molecule has 0 amide bonds. The Kier molecular flexibility index (Phi) is 4.97. The maximum Gasteiger partial charge on any atom is 0.0897 e. The zero-order valence-electron chi connectivity index (χ0n) is 11.5. The van der Waals surface area contributed by atoms with Crippen LogP contribution in [0.15, 0.2) is 23.6 Å². The van der Waals surface area contributed by atoms with Gasteiger partial charge < -0.3 is 5.32 Å². The Morgan fingerprint density at radius 2 is 2.16 bits per heavy atom. The number of hydrogen-bond donors (Lipinski definition) is 1. The Balaban J connectivity index is 2.23. The van der Waals surface area contributed by atoms with Crippen LogP contribution in [0.3, 0.4) is 0 Å². The Bertz CT molecular complexity index is 551. The van der Waals surface area contributed by atoms with Gasteiger partial charge in [0.2, 0.25) is 0 Å². The summed E-state index contributed by atoms with van der Waals surface area (Å²) in [6.07, 6.45) is 0.917. The zero-order chi connectivity index (χ0) is 13.8. The van der Waals surface area contributed by atoms with Crippen LogP contribution >= 0.6 is 22.9 Å². The number of nitrogens with one attached hydrogen (secondary N) is 1. The number of rotatable bonds is 5. The van der Waals surface area contributed by atoms with Gasteiger partial charge in [-0.3, -0.25) is 0 Å². The maximum absolute atomic E-state index is 6.03. The fraction of sp³-hybridized carbons (Fsp3) is 0.400. The van der Waals surface area contributed by atoms with E-state index in [-0.39, 0.29) is 0 Å². The molecule has 1 aromatic carbocycles. The molecule has 102 valence electrons. The van der Waals surface area contributed by atoms with Gasteiger partial charge in [0, 0.05) is 22.9 Å². The summed E-state index contributed by atoms with van der Waals surface area (Å²) in [6.45, 7) is 7.22. The molecule has 0 saturated heterocycles. The normalized spacial score (nSPS) is 12.6. The third kappa shape index (κ3) is 3.78. The molecule has 1 heterocycles. The molecule has 0 bridgehead atoms. The predicted octanol–water partition coefficient (Wildman–Crippen LogP) is 4.31. The van der Waals surface area contributed by atoms with Crippen molar-refractivity contribution in [2.24, 2.45) is 0 Å². The number of hydrogen-bond acceptors (Lipinski definition) is 3. The van der Waals surface area contributed by atoms with E-state index in [1.54, 1.807) is 11.3 Å². The number of thiazole rings is 1. The minimum atomic E-state index is 0.295. The van der Waals surface area contributed by atoms with E-state index in [1.165, 1.54) is 11.1 Å². The van der Waals surface area contributed by atoms with E-state index < -0.39 is 0 Å². The summed E-state index contributed by atoms with van der Waals surface area (Å²) in [7, 11) is 0. The first-order chi connectivity index (χ1) is 9.10. The van der Waals surface area contributed by atoms with Crippen molar-refractivity contribution in [3.8, 4) is 0 Å². The van der Waals surface area contributed by atoms with Crippen molar-refractivity contribution in [2.75, 3.05) is 6.54 Å². The third-order valence-corrected chi connectivity index (χ3v) is 4.20. The molecule has 1 N–H and O–H groups in total. The van der Waals surface area contributed by atoms with Gasteiger partial charge in [0.25, 0.3) is 0 Å². The fourth-order valence-corrected chi connectivity index (χ4v) is 3.13. The lowest BCUT2D eigenvalue weighted by Gasteiger charge is -2.19. The highest BCUT2D eigenvalue weighted by Crippen LogP contribution is 2.25. The second-order valence-electron chi connectivity index (χ2n) is 4.67. The van der Waals surface area contributed by atoms with Crippen molar-refractivity contribution in [1.29, 1.82) is 0 Å². The van der Waals surface area contributed by atoms with Crippen molar-refractivity contribution in [1.82, 2.24) is 10.3 Å². The van der Waals surface area contributed by atoms with Crippen LogP contribution in [0.1, 0.15) is 34.8 Å². The molecule has 2 aromatic rings. The number of aryl methyl sites for hydroxylation is 2. The van der Waals surface area contributed by atoms with Gasteiger partial charge in [-0.25, -0.2) is 4.98 Å². The maximum atomic E-state index is 6.03. The predicted molar refractivity (Wildman–Crippen MR) is 83.2 cm³/mol. The average molecular weight is 295 g/mol. The molecule has 4 heteroatoms. The quantitative estimate of drug-likeness (QED) is 0.889. The molecule has 0 spiro atoms. The van der Waals surface area contributed by atoms with Crippen molar-refractivity contribution in [2.45, 2.75) is 33.2 Å². The summed E-state index contributed by atoms with van der Waals surface area (Å²) in [6, 6.07) is 6.39. The summed E-state index contributed by atoms with van der Waals surface area (Å²) in [5, 5.41) is 7.60. The van der Waals surface area contributed by atoms with Crippen LogP contribution in [0.25, 0.3) is 0 Å². The fourth-order valence-electron chi connectivity index (χ4n) is 2.28. The van der Waals surface area contributed by atoms with Crippen LogP contribution in [0.5, 0.6) is 0 Å². The first-order valence-corrected chi connectivity index (χ1v) is 7.76. The van der Waals surface area contributed by atoms with Gasteiger partial charge in [-0.15, -0.1) is 11.3 Å². The van der Waals surface area contributed by atoms with Gasteiger partial charge in [0.1, 0.15) is 0 Å². The highest BCUT2D eigenvalue weighted by atomic mass is 35.5. The van der Waals surface area contributed by atoms with E-state index in [9.17, 15) is 0 Å². The minimum absolute atomic E-state index is 0.295. The first-order valence-electron chi connectivity index (χ1n) is 6.50. The van der Waals surface area contributed by atoms with Crippen LogP contribution in [0.4, 0.5) is 0 Å². The Morgan fingerprint density at radius 3 is 2.74 bits per heavy atom. The number of halogens is 1. The first kappa shape index (κ1) is 14.5. The zero-order valence-corrected chi connectivity index (χ0v) is 13.1. The van der Waals surface area contributed by atoms with E-state index in [0.29, 0.717) is 6.04 Å². The molecule has 1 aromatic heterocycles. The smallest absolute Gasteiger partial charge is 0.0897 e. The SMILES string of the molecule is CCNC(Cc1csc(C)n1)c1ccc(Cl)cc1C. The molecular weight excluding hydrogens is 276 g/mol. The average Bonchev–Trinajstić information content (AvgIpc) is 2.74. The Hall–Kier alpha value is -0.900. The molecule has 0 fully saturated rings. The lowest BCUT2D eigenvalue weighted by molar-refractivity contribution is 0.542. The van der Waals surface area contributed by atoms with Crippen LogP contribution < -0.4 is 5.32 Å². The summed E-state index contributed by atoms with van der Waals surface area (Å²) >= 11 is 7.74. The highest BCUT2D eigenvalue weighted by molar-refractivity contribution is 7.09. The topological polar surface area (TPSA) is 24.9 Å². The van der Waals surface area contributed by atoms with E-state index >= 15 is 0 Å². The van der Waals surface area contributed by atoms with Crippen LogP contribution in [0, 0.1) is 13.8 Å². The van der Waals surface area contributed by atoms with E-state index in [2.05, 4.69) is 35.6 Å². The van der Waals surface area contributed by atoms with E-state index in [4.69, 9.17) is 11.6 Å². The summed E-state index contributed by atoms with van der Waals surface area (Å²) < 4.78 is 0. The number of nitrogens with zero attached hydrogens (tertiary/aromatic N) is 1. The van der Waals surface area contributed by atoms with Gasteiger partial charge in [0.15, 0.2) is 0 Å². The molecule has 0 aliphatic rings. The molecule has 19 heavy (non-hydrogen) atoms. The highest BCUT2D eigenvalue weighted by Gasteiger charge is 2.15. The van der Waals surface area contributed by atoms with Gasteiger partial charge in [0.05, 0.1) is 10.7 Å². The van der Waals surface area contributed by atoms with Gasteiger partial charge in [-0.1, -0.05) is 24.6 Å².